The lowest BCUT2D eigenvalue weighted by atomic mass is 10.3. The van der Waals surface area contributed by atoms with Crippen LogP contribution in [0.1, 0.15) is 25.7 Å². The highest BCUT2D eigenvalue weighted by molar-refractivity contribution is 5.78. The van der Waals surface area contributed by atoms with Crippen LogP contribution < -0.4 is 5.73 Å². The van der Waals surface area contributed by atoms with Gasteiger partial charge in [-0.05, 0) is 25.7 Å². The maximum Gasteiger partial charge on any atom is 0.191 e. The first-order chi connectivity index (χ1) is 7.33. The van der Waals surface area contributed by atoms with E-state index in [2.05, 4.69) is 14.8 Å². The first-order valence-corrected chi connectivity index (χ1v) is 6.15. The molecule has 1 aliphatic heterocycles. The van der Waals surface area contributed by atoms with Crippen LogP contribution in [0.2, 0.25) is 0 Å². The van der Waals surface area contributed by atoms with E-state index in [1.54, 1.807) is 0 Å². The maximum absolute atomic E-state index is 5.98. The number of guanidine groups is 1. The van der Waals surface area contributed by atoms with Gasteiger partial charge in [0, 0.05) is 32.2 Å². The van der Waals surface area contributed by atoms with Crippen molar-refractivity contribution >= 4 is 5.96 Å². The molecule has 2 saturated carbocycles. The molecule has 3 aliphatic rings. The summed E-state index contributed by atoms with van der Waals surface area (Å²) in [5.74, 6) is 0.785. The van der Waals surface area contributed by atoms with Gasteiger partial charge in [-0.1, -0.05) is 0 Å². The summed E-state index contributed by atoms with van der Waals surface area (Å²) in [7, 11) is 0. The predicted octanol–water partition coefficient (Wildman–Crippen LogP) is 0.243. The van der Waals surface area contributed by atoms with E-state index in [1.165, 1.54) is 38.8 Å². The predicted molar refractivity (Wildman–Crippen MR) is 60.8 cm³/mol. The Morgan fingerprint density at radius 2 is 1.67 bits per heavy atom. The zero-order chi connectivity index (χ0) is 10.3. The molecule has 4 nitrogen and oxygen atoms in total. The third-order valence-electron chi connectivity index (χ3n) is 3.56. The SMILES string of the molecule is NC(=NC1CC1)N1CCN(C2CC2)CC1. The molecule has 0 aromatic carbocycles. The van der Waals surface area contributed by atoms with Crippen LogP contribution in [0.4, 0.5) is 0 Å². The fraction of sp³-hybridized carbons (Fsp3) is 0.909. The summed E-state index contributed by atoms with van der Waals surface area (Å²) >= 11 is 0. The second-order valence-electron chi connectivity index (χ2n) is 4.97. The fourth-order valence-corrected chi connectivity index (χ4v) is 2.23. The Balaban J connectivity index is 1.51. The Morgan fingerprint density at radius 3 is 2.20 bits per heavy atom. The number of rotatable bonds is 2. The molecule has 2 aliphatic carbocycles. The molecule has 15 heavy (non-hydrogen) atoms. The van der Waals surface area contributed by atoms with Crippen LogP contribution in [0.15, 0.2) is 4.99 Å². The second-order valence-corrected chi connectivity index (χ2v) is 4.97. The van der Waals surface area contributed by atoms with Crippen molar-refractivity contribution in [1.82, 2.24) is 9.80 Å². The van der Waals surface area contributed by atoms with Crippen molar-refractivity contribution in [2.24, 2.45) is 10.7 Å². The third kappa shape index (κ3) is 2.25. The molecule has 0 spiro atoms. The van der Waals surface area contributed by atoms with Crippen LogP contribution in [0.25, 0.3) is 0 Å². The molecule has 0 aromatic rings. The summed E-state index contributed by atoms with van der Waals surface area (Å²) in [5, 5.41) is 0. The maximum atomic E-state index is 5.98. The third-order valence-corrected chi connectivity index (χ3v) is 3.56. The Hall–Kier alpha value is -0.770. The molecule has 3 fully saturated rings. The van der Waals surface area contributed by atoms with E-state index in [4.69, 9.17) is 5.73 Å². The molecule has 0 radical (unpaired) electrons. The molecular weight excluding hydrogens is 188 g/mol. The van der Waals surface area contributed by atoms with Crippen LogP contribution in [0, 0.1) is 0 Å². The number of nitrogens with zero attached hydrogens (tertiary/aromatic N) is 3. The quantitative estimate of drug-likeness (QED) is 0.522. The standard InChI is InChI=1S/C11H20N4/c12-11(13-9-1-2-9)15-7-5-14(6-8-15)10-3-4-10/h9-10H,1-8H2,(H2,12,13). The number of aliphatic imine (C=N–C) groups is 1. The summed E-state index contributed by atoms with van der Waals surface area (Å²) in [6.07, 6.45) is 5.29. The smallest absolute Gasteiger partial charge is 0.191 e. The van der Waals surface area contributed by atoms with Crippen molar-refractivity contribution in [2.75, 3.05) is 26.2 Å². The average molecular weight is 208 g/mol. The van der Waals surface area contributed by atoms with Crippen LogP contribution in [0.5, 0.6) is 0 Å². The molecule has 0 aromatic heterocycles. The van der Waals surface area contributed by atoms with Crippen molar-refractivity contribution in [2.45, 2.75) is 37.8 Å². The topological polar surface area (TPSA) is 44.9 Å². The molecule has 0 unspecified atom stereocenters. The Bertz CT molecular complexity index is 260. The molecule has 1 saturated heterocycles. The zero-order valence-corrected chi connectivity index (χ0v) is 9.23. The Labute approximate surface area is 91.1 Å². The average Bonchev–Trinajstić information content (AvgIpc) is 3.12. The van der Waals surface area contributed by atoms with Crippen molar-refractivity contribution in [3.8, 4) is 0 Å². The number of hydrogen-bond donors (Lipinski definition) is 1. The minimum atomic E-state index is 0.548. The summed E-state index contributed by atoms with van der Waals surface area (Å²) in [6, 6.07) is 1.44. The zero-order valence-electron chi connectivity index (χ0n) is 9.23. The highest BCUT2D eigenvalue weighted by atomic mass is 15.3. The van der Waals surface area contributed by atoms with Crippen molar-refractivity contribution in [3.63, 3.8) is 0 Å². The van der Waals surface area contributed by atoms with Gasteiger partial charge in [-0.2, -0.15) is 0 Å². The Kier molecular flexibility index (Phi) is 2.31. The second kappa shape index (κ2) is 3.67. The van der Waals surface area contributed by atoms with E-state index in [0.29, 0.717) is 6.04 Å². The van der Waals surface area contributed by atoms with Gasteiger partial charge in [0.2, 0.25) is 0 Å². The summed E-state index contributed by atoms with van der Waals surface area (Å²) < 4.78 is 0. The summed E-state index contributed by atoms with van der Waals surface area (Å²) in [6.45, 7) is 4.48. The lowest BCUT2D eigenvalue weighted by molar-refractivity contribution is 0.173. The van der Waals surface area contributed by atoms with E-state index >= 15 is 0 Å². The molecule has 4 heteroatoms. The molecule has 84 valence electrons. The number of nitrogens with two attached hydrogens (primary N) is 1. The van der Waals surface area contributed by atoms with Crippen molar-refractivity contribution in [3.05, 3.63) is 0 Å². The van der Waals surface area contributed by atoms with E-state index in [-0.39, 0.29) is 0 Å². The largest absolute Gasteiger partial charge is 0.370 e. The normalized spacial score (nSPS) is 29.6. The number of piperazine rings is 1. The van der Waals surface area contributed by atoms with Gasteiger partial charge in [-0.25, -0.2) is 4.99 Å². The van der Waals surface area contributed by atoms with Crippen LogP contribution >= 0.6 is 0 Å². The van der Waals surface area contributed by atoms with Crippen LogP contribution in [-0.4, -0.2) is 54.0 Å². The van der Waals surface area contributed by atoms with Gasteiger partial charge < -0.3 is 10.6 Å². The highest BCUT2D eigenvalue weighted by Crippen LogP contribution is 2.27. The summed E-state index contributed by atoms with van der Waals surface area (Å²) in [4.78, 5) is 9.34. The van der Waals surface area contributed by atoms with Crippen molar-refractivity contribution < 1.29 is 0 Å². The highest BCUT2D eigenvalue weighted by Gasteiger charge is 2.31. The van der Waals surface area contributed by atoms with Gasteiger partial charge in [0.1, 0.15) is 0 Å². The van der Waals surface area contributed by atoms with Crippen LogP contribution in [-0.2, 0) is 0 Å². The first kappa shape index (κ1) is 9.46. The molecular formula is C11H20N4. The van der Waals surface area contributed by atoms with Crippen molar-refractivity contribution in [1.29, 1.82) is 0 Å². The molecule has 0 amide bonds. The monoisotopic (exact) mass is 208 g/mol. The lowest BCUT2D eigenvalue weighted by Crippen LogP contribution is -2.51. The minimum absolute atomic E-state index is 0.548. The van der Waals surface area contributed by atoms with E-state index in [0.717, 1.165) is 25.1 Å². The van der Waals surface area contributed by atoms with Gasteiger partial charge in [0.15, 0.2) is 5.96 Å². The molecule has 1 heterocycles. The lowest BCUT2D eigenvalue weighted by Gasteiger charge is -2.35. The van der Waals surface area contributed by atoms with Gasteiger partial charge in [-0.3, -0.25) is 4.90 Å². The molecule has 0 atom stereocenters. The van der Waals surface area contributed by atoms with E-state index in [1.807, 2.05) is 0 Å². The minimum Gasteiger partial charge on any atom is -0.370 e. The van der Waals surface area contributed by atoms with Crippen LogP contribution in [0.3, 0.4) is 0 Å². The van der Waals surface area contributed by atoms with Gasteiger partial charge in [-0.15, -0.1) is 0 Å². The van der Waals surface area contributed by atoms with E-state index in [9.17, 15) is 0 Å². The molecule has 3 rings (SSSR count). The fourth-order valence-electron chi connectivity index (χ4n) is 2.23. The van der Waals surface area contributed by atoms with Gasteiger partial charge >= 0.3 is 0 Å². The molecule has 2 N–H and O–H groups in total. The first-order valence-electron chi connectivity index (χ1n) is 6.15. The molecule has 0 bridgehead atoms. The summed E-state index contributed by atoms with van der Waals surface area (Å²) in [5.41, 5.74) is 5.98. The van der Waals surface area contributed by atoms with Gasteiger partial charge in [0.25, 0.3) is 0 Å². The van der Waals surface area contributed by atoms with E-state index < -0.39 is 0 Å². The van der Waals surface area contributed by atoms with Gasteiger partial charge in [0.05, 0.1) is 6.04 Å². The Morgan fingerprint density at radius 1 is 1.00 bits per heavy atom. The number of hydrogen-bond acceptors (Lipinski definition) is 2.